The average molecular weight is 364 g/mol. The summed E-state index contributed by atoms with van der Waals surface area (Å²) in [5.74, 6) is 0.732. The first-order chi connectivity index (χ1) is 9.20. The van der Waals surface area contributed by atoms with Crippen LogP contribution in [0.1, 0.15) is 19.3 Å². The van der Waals surface area contributed by atoms with Crippen molar-refractivity contribution in [1.29, 1.82) is 0 Å². The summed E-state index contributed by atoms with van der Waals surface area (Å²) in [5, 5.41) is 0. The molecule has 2 rings (SSSR count). The van der Waals surface area contributed by atoms with Crippen LogP contribution in [0.3, 0.4) is 0 Å². The molecule has 0 spiro atoms. The van der Waals surface area contributed by atoms with Crippen LogP contribution in [0.5, 0.6) is 5.75 Å². The Hall–Kier alpha value is -0.780. The third-order valence-electron chi connectivity index (χ3n) is 3.40. The van der Waals surface area contributed by atoms with E-state index >= 15 is 0 Å². The van der Waals surface area contributed by atoms with Crippen LogP contribution in [0.15, 0.2) is 28.7 Å². The number of hydrogen-bond donors (Lipinski definition) is 1. The van der Waals surface area contributed by atoms with Gasteiger partial charge < -0.3 is 15.4 Å². The van der Waals surface area contributed by atoms with Crippen molar-refractivity contribution in [3.8, 4) is 5.75 Å². The fourth-order valence-electron chi connectivity index (χ4n) is 2.33. The Morgan fingerprint density at radius 3 is 2.70 bits per heavy atom. The number of carbonyl (C=O) groups excluding carboxylic acids is 1. The van der Waals surface area contributed by atoms with Crippen molar-refractivity contribution < 1.29 is 9.53 Å². The van der Waals surface area contributed by atoms with Crippen LogP contribution in [0, 0.1) is 0 Å². The standard InChI is InChI=1S/C14H19BrN2O2.ClH/c15-11-4-6-13(7-5-11)19-10-14(18)17-8-2-1-3-12(17)9-16;/h4-7,12H,1-3,8-10,16H2;1H. The van der Waals surface area contributed by atoms with E-state index in [9.17, 15) is 4.79 Å². The van der Waals surface area contributed by atoms with Gasteiger partial charge in [-0.3, -0.25) is 4.79 Å². The van der Waals surface area contributed by atoms with Crippen molar-refractivity contribution in [3.05, 3.63) is 28.7 Å². The Bertz CT molecular complexity index is 428. The molecule has 112 valence electrons. The molecule has 0 bridgehead atoms. The summed E-state index contributed by atoms with van der Waals surface area (Å²) in [6.07, 6.45) is 3.21. The highest BCUT2D eigenvalue weighted by molar-refractivity contribution is 9.10. The lowest BCUT2D eigenvalue weighted by Crippen LogP contribution is -2.49. The highest BCUT2D eigenvalue weighted by Gasteiger charge is 2.25. The molecule has 6 heteroatoms. The number of likely N-dealkylation sites (tertiary alicyclic amines) is 1. The predicted molar refractivity (Wildman–Crippen MR) is 85.3 cm³/mol. The van der Waals surface area contributed by atoms with E-state index in [4.69, 9.17) is 10.5 Å². The minimum atomic E-state index is 0. The van der Waals surface area contributed by atoms with Crippen LogP contribution in [0.4, 0.5) is 0 Å². The molecule has 1 aromatic carbocycles. The normalized spacial score (nSPS) is 18.3. The van der Waals surface area contributed by atoms with Gasteiger partial charge in [-0.1, -0.05) is 15.9 Å². The van der Waals surface area contributed by atoms with Gasteiger partial charge in [0, 0.05) is 23.6 Å². The maximum atomic E-state index is 12.1. The second kappa shape index (κ2) is 8.49. The molecule has 1 amide bonds. The van der Waals surface area contributed by atoms with Crippen molar-refractivity contribution in [2.45, 2.75) is 25.3 Å². The van der Waals surface area contributed by atoms with Crippen molar-refractivity contribution in [3.63, 3.8) is 0 Å². The van der Waals surface area contributed by atoms with Crippen LogP contribution >= 0.6 is 28.3 Å². The Balaban J connectivity index is 0.00000200. The molecule has 0 aliphatic carbocycles. The van der Waals surface area contributed by atoms with Gasteiger partial charge in [0.2, 0.25) is 0 Å². The van der Waals surface area contributed by atoms with Crippen molar-refractivity contribution in [2.75, 3.05) is 19.7 Å². The number of nitrogens with zero attached hydrogens (tertiary/aromatic N) is 1. The van der Waals surface area contributed by atoms with Gasteiger partial charge in [0.05, 0.1) is 0 Å². The summed E-state index contributed by atoms with van der Waals surface area (Å²) in [7, 11) is 0. The molecule has 4 nitrogen and oxygen atoms in total. The summed E-state index contributed by atoms with van der Waals surface area (Å²) < 4.78 is 6.51. The number of benzene rings is 1. The van der Waals surface area contributed by atoms with Gasteiger partial charge in [0.15, 0.2) is 6.61 Å². The van der Waals surface area contributed by atoms with E-state index in [1.54, 1.807) is 0 Å². The van der Waals surface area contributed by atoms with Crippen molar-refractivity contribution >= 4 is 34.2 Å². The maximum absolute atomic E-state index is 12.1. The molecule has 1 heterocycles. The molecule has 1 atom stereocenters. The van der Waals surface area contributed by atoms with Gasteiger partial charge in [-0.05, 0) is 43.5 Å². The largest absolute Gasteiger partial charge is 0.484 e. The first-order valence-electron chi connectivity index (χ1n) is 6.58. The number of ether oxygens (including phenoxy) is 1. The quantitative estimate of drug-likeness (QED) is 0.894. The van der Waals surface area contributed by atoms with Gasteiger partial charge >= 0.3 is 0 Å². The summed E-state index contributed by atoms with van der Waals surface area (Å²) in [5.41, 5.74) is 5.72. The molecule has 2 N–H and O–H groups in total. The van der Waals surface area contributed by atoms with Crippen LogP contribution in [-0.4, -0.2) is 36.5 Å². The molecule has 1 fully saturated rings. The molecule has 1 aliphatic heterocycles. The van der Waals surface area contributed by atoms with E-state index < -0.39 is 0 Å². The molecule has 0 radical (unpaired) electrons. The van der Waals surface area contributed by atoms with Crippen molar-refractivity contribution in [1.82, 2.24) is 4.90 Å². The topological polar surface area (TPSA) is 55.6 Å². The van der Waals surface area contributed by atoms with Crippen LogP contribution in [-0.2, 0) is 4.79 Å². The molecule has 20 heavy (non-hydrogen) atoms. The third kappa shape index (κ3) is 4.65. The number of carbonyl (C=O) groups is 1. The number of halogens is 2. The second-order valence-corrected chi connectivity index (χ2v) is 5.63. The molecule has 1 unspecified atom stereocenters. The lowest BCUT2D eigenvalue weighted by Gasteiger charge is -2.34. The zero-order valence-corrected chi connectivity index (χ0v) is 13.7. The van der Waals surface area contributed by atoms with Gasteiger partial charge in [-0.2, -0.15) is 0 Å². The number of piperidine rings is 1. The van der Waals surface area contributed by atoms with E-state index in [0.29, 0.717) is 12.3 Å². The second-order valence-electron chi connectivity index (χ2n) is 4.72. The van der Waals surface area contributed by atoms with E-state index in [1.807, 2.05) is 29.2 Å². The average Bonchev–Trinajstić information content (AvgIpc) is 2.46. The molecule has 1 aliphatic rings. The minimum Gasteiger partial charge on any atom is -0.484 e. The third-order valence-corrected chi connectivity index (χ3v) is 3.92. The van der Waals surface area contributed by atoms with E-state index in [-0.39, 0.29) is 31.0 Å². The Kier molecular flexibility index (Phi) is 7.34. The highest BCUT2D eigenvalue weighted by Crippen LogP contribution is 2.18. The zero-order chi connectivity index (χ0) is 13.7. The Labute approximate surface area is 134 Å². The number of hydrogen-bond acceptors (Lipinski definition) is 3. The SMILES string of the molecule is Cl.NCC1CCCCN1C(=O)COc1ccc(Br)cc1. The summed E-state index contributed by atoms with van der Waals surface area (Å²) in [6.45, 7) is 1.41. The fraction of sp³-hybridized carbons (Fsp3) is 0.500. The smallest absolute Gasteiger partial charge is 0.260 e. The van der Waals surface area contributed by atoms with Crippen LogP contribution < -0.4 is 10.5 Å². The van der Waals surface area contributed by atoms with Gasteiger partial charge in [0.1, 0.15) is 5.75 Å². The van der Waals surface area contributed by atoms with Gasteiger partial charge in [-0.25, -0.2) is 0 Å². The van der Waals surface area contributed by atoms with Crippen molar-refractivity contribution in [2.24, 2.45) is 5.73 Å². The summed E-state index contributed by atoms with van der Waals surface area (Å²) in [4.78, 5) is 14.0. The molecular formula is C14H20BrClN2O2. The molecular weight excluding hydrogens is 344 g/mol. The summed E-state index contributed by atoms with van der Waals surface area (Å²) in [6, 6.07) is 7.64. The molecule has 0 aromatic heterocycles. The van der Waals surface area contributed by atoms with Gasteiger partial charge in [0.25, 0.3) is 5.91 Å². The van der Waals surface area contributed by atoms with Crippen LogP contribution in [0.25, 0.3) is 0 Å². The monoisotopic (exact) mass is 362 g/mol. The van der Waals surface area contributed by atoms with E-state index in [1.165, 1.54) is 0 Å². The molecule has 1 saturated heterocycles. The predicted octanol–water partition coefficient (Wildman–Crippen LogP) is 2.59. The van der Waals surface area contributed by atoms with E-state index in [2.05, 4.69) is 15.9 Å². The van der Waals surface area contributed by atoms with Crippen LogP contribution in [0.2, 0.25) is 0 Å². The van der Waals surface area contributed by atoms with Gasteiger partial charge in [-0.15, -0.1) is 12.4 Å². The lowest BCUT2D eigenvalue weighted by molar-refractivity contribution is -0.136. The maximum Gasteiger partial charge on any atom is 0.260 e. The lowest BCUT2D eigenvalue weighted by atomic mass is 10.0. The number of nitrogens with two attached hydrogens (primary N) is 1. The molecule has 1 aromatic rings. The van der Waals surface area contributed by atoms with E-state index in [0.717, 1.165) is 30.3 Å². The highest BCUT2D eigenvalue weighted by atomic mass is 79.9. The zero-order valence-electron chi connectivity index (χ0n) is 11.3. The fourth-order valence-corrected chi connectivity index (χ4v) is 2.60. The summed E-state index contributed by atoms with van der Waals surface area (Å²) >= 11 is 3.36. The number of rotatable bonds is 4. The Morgan fingerprint density at radius 1 is 1.35 bits per heavy atom. The number of amides is 1. The first kappa shape index (κ1) is 17.3. The first-order valence-corrected chi connectivity index (χ1v) is 7.38. The molecule has 0 saturated carbocycles. The Morgan fingerprint density at radius 2 is 2.05 bits per heavy atom. The minimum absolute atomic E-state index is 0.